The molecule has 2 aromatic rings. The number of aromatic nitrogens is 1. The Bertz CT molecular complexity index is 663. The number of thiazole rings is 1. The van der Waals surface area contributed by atoms with E-state index < -0.39 is 0 Å². The van der Waals surface area contributed by atoms with E-state index in [1.807, 2.05) is 31.3 Å². The fourth-order valence-electron chi connectivity index (χ4n) is 1.80. The van der Waals surface area contributed by atoms with Crippen LogP contribution in [-0.4, -0.2) is 17.5 Å². The van der Waals surface area contributed by atoms with Gasteiger partial charge in [0.05, 0.1) is 13.1 Å². The van der Waals surface area contributed by atoms with E-state index in [2.05, 4.69) is 43.5 Å². The van der Waals surface area contributed by atoms with Crippen molar-refractivity contribution >= 4 is 68.8 Å². The van der Waals surface area contributed by atoms with Crippen LogP contribution in [0.2, 0.25) is 5.02 Å². The zero-order valence-corrected chi connectivity index (χ0v) is 18.4. The van der Waals surface area contributed by atoms with Gasteiger partial charge in [-0.05, 0) is 31.5 Å². The first-order chi connectivity index (χ1) is 10.6. The van der Waals surface area contributed by atoms with E-state index in [0.717, 1.165) is 27.5 Å². The van der Waals surface area contributed by atoms with Crippen LogP contribution in [0.3, 0.4) is 0 Å². The van der Waals surface area contributed by atoms with Crippen molar-refractivity contribution in [2.45, 2.75) is 26.9 Å². The Hall–Kier alpha value is -0.380. The van der Waals surface area contributed by atoms with Crippen molar-refractivity contribution in [1.29, 1.82) is 0 Å². The first-order valence-electron chi connectivity index (χ1n) is 6.96. The van der Waals surface area contributed by atoms with Crippen molar-refractivity contribution < 1.29 is 0 Å². The molecule has 0 radical (unpaired) electrons. The van der Waals surface area contributed by atoms with Crippen LogP contribution in [0.25, 0.3) is 0 Å². The molecule has 0 amide bonds. The van der Waals surface area contributed by atoms with Crippen LogP contribution in [0.5, 0.6) is 0 Å². The van der Waals surface area contributed by atoms with Crippen LogP contribution >= 0.6 is 62.8 Å². The summed E-state index contributed by atoms with van der Waals surface area (Å²) in [6.07, 6.45) is 1.88. The van der Waals surface area contributed by atoms with Gasteiger partial charge in [0.2, 0.25) is 0 Å². The van der Waals surface area contributed by atoms with Crippen molar-refractivity contribution in [1.82, 2.24) is 15.6 Å². The highest BCUT2D eigenvalue weighted by Crippen LogP contribution is 2.21. The fraction of sp³-hybridized carbons (Fsp3) is 0.333. The highest BCUT2D eigenvalue weighted by molar-refractivity contribution is 14.0. The minimum absolute atomic E-state index is 0. The molecule has 1 aromatic carbocycles. The summed E-state index contributed by atoms with van der Waals surface area (Å²) in [6.45, 7) is 6.08. The van der Waals surface area contributed by atoms with Gasteiger partial charge in [0.15, 0.2) is 5.96 Å². The fourth-order valence-corrected chi connectivity index (χ4v) is 3.26. The summed E-state index contributed by atoms with van der Waals surface area (Å²) in [7, 11) is 0. The molecule has 1 aromatic heterocycles. The molecular weight excluding hydrogens is 511 g/mol. The lowest BCUT2D eigenvalue weighted by Gasteiger charge is -2.10. The third kappa shape index (κ3) is 6.94. The lowest BCUT2D eigenvalue weighted by Crippen LogP contribution is -2.36. The Balaban J connectivity index is 0.00000264. The normalized spacial score (nSPS) is 11.0. The van der Waals surface area contributed by atoms with Crippen LogP contribution in [0.4, 0.5) is 0 Å². The third-order valence-electron chi connectivity index (χ3n) is 2.84. The lowest BCUT2D eigenvalue weighted by molar-refractivity contribution is 0.811. The number of benzene rings is 1. The van der Waals surface area contributed by atoms with Gasteiger partial charge in [0.1, 0.15) is 5.01 Å². The average molecular weight is 530 g/mol. The number of nitrogens with one attached hydrogen (secondary N) is 2. The SMILES string of the molecule is CCNC(=NCc1ccc(Br)cc1Cl)NCc1ncc(C)s1.I. The van der Waals surface area contributed by atoms with Crippen molar-refractivity contribution in [3.05, 3.63) is 49.3 Å². The van der Waals surface area contributed by atoms with Crippen molar-refractivity contribution in [2.24, 2.45) is 4.99 Å². The number of hydrogen-bond donors (Lipinski definition) is 2. The van der Waals surface area contributed by atoms with E-state index in [-0.39, 0.29) is 24.0 Å². The smallest absolute Gasteiger partial charge is 0.191 e. The van der Waals surface area contributed by atoms with Crippen LogP contribution in [0, 0.1) is 6.92 Å². The molecule has 0 saturated heterocycles. The number of halogens is 3. The molecule has 0 aliphatic heterocycles. The molecule has 0 saturated carbocycles. The second-order valence-corrected chi connectivity index (χ2v) is 7.29. The molecule has 1 heterocycles. The number of aryl methyl sites for hydroxylation is 1. The minimum atomic E-state index is 0. The number of nitrogens with zero attached hydrogens (tertiary/aromatic N) is 2. The van der Waals surface area contributed by atoms with Crippen LogP contribution in [0.1, 0.15) is 22.4 Å². The molecule has 0 atom stereocenters. The molecule has 2 rings (SSSR count). The predicted molar refractivity (Wildman–Crippen MR) is 113 cm³/mol. The van der Waals surface area contributed by atoms with Crippen molar-refractivity contribution in [3.63, 3.8) is 0 Å². The Morgan fingerprint density at radius 1 is 1.39 bits per heavy atom. The topological polar surface area (TPSA) is 49.3 Å². The summed E-state index contributed by atoms with van der Waals surface area (Å²) in [5.41, 5.74) is 0.993. The minimum Gasteiger partial charge on any atom is -0.357 e. The van der Waals surface area contributed by atoms with Gasteiger partial charge in [-0.3, -0.25) is 0 Å². The summed E-state index contributed by atoms with van der Waals surface area (Å²) in [5.74, 6) is 0.759. The van der Waals surface area contributed by atoms with Crippen LogP contribution in [0.15, 0.2) is 33.9 Å². The van der Waals surface area contributed by atoms with Crippen molar-refractivity contribution in [2.75, 3.05) is 6.54 Å². The van der Waals surface area contributed by atoms with Gasteiger partial charge in [-0.1, -0.05) is 33.6 Å². The van der Waals surface area contributed by atoms with Gasteiger partial charge in [-0.25, -0.2) is 9.98 Å². The molecule has 2 N–H and O–H groups in total. The first-order valence-corrected chi connectivity index (χ1v) is 8.94. The highest BCUT2D eigenvalue weighted by Gasteiger charge is 2.03. The molecule has 4 nitrogen and oxygen atoms in total. The Morgan fingerprint density at radius 2 is 2.17 bits per heavy atom. The maximum Gasteiger partial charge on any atom is 0.191 e. The Labute approximate surface area is 171 Å². The Kier molecular flexibility index (Phi) is 9.41. The quantitative estimate of drug-likeness (QED) is 0.334. The number of guanidine groups is 1. The second kappa shape index (κ2) is 10.5. The summed E-state index contributed by atoms with van der Waals surface area (Å²) < 4.78 is 0.967. The highest BCUT2D eigenvalue weighted by atomic mass is 127. The second-order valence-electron chi connectivity index (χ2n) is 4.65. The molecule has 0 aliphatic carbocycles. The molecule has 8 heteroatoms. The molecule has 126 valence electrons. The maximum absolute atomic E-state index is 6.22. The van der Waals surface area contributed by atoms with Crippen LogP contribution < -0.4 is 10.6 Å². The van der Waals surface area contributed by atoms with Gasteiger partial charge in [-0.15, -0.1) is 35.3 Å². The van der Waals surface area contributed by atoms with Gasteiger partial charge in [0, 0.05) is 27.1 Å². The molecule has 0 aliphatic rings. The van der Waals surface area contributed by atoms with E-state index in [1.54, 1.807) is 11.3 Å². The molecule has 23 heavy (non-hydrogen) atoms. The average Bonchev–Trinajstić information content (AvgIpc) is 2.89. The predicted octanol–water partition coefficient (Wildman–Crippen LogP) is 4.74. The maximum atomic E-state index is 6.22. The standard InChI is InChI=1S/C15H18BrClN4S.HI/c1-3-18-15(21-9-14-19-7-10(2)22-14)20-8-11-4-5-12(16)6-13(11)17;/h4-7H,3,8-9H2,1-2H3,(H2,18,20,21);1H. The largest absolute Gasteiger partial charge is 0.357 e. The van der Waals surface area contributed by atoms with Crippen molar-refractivity contribution in [3.8, 4) is 0 Å². The summed E-state index contributed by atoms with van der Waals surface area (Å²) >= 11 is 11.3. The summed E-state index contributed by atoms with van der Waals surface area (Å²) in [6, 6.07) is 5.82. The molecule has 0 spiro atoms. The molecule has 0 bridgehead atoms. The van der Waals surface area contributed by atoms with E-state index in [1.165, 1.54) is 4.88 Å². The van der Waals surface area contributed by atoms with E-state index >= 15 is 0 Å². The number of rotatable bonds is 5. The van der Waals surface area contributed by atoms with Gasteiger partial charge < -0.3 is 10.6 Å². The first kappa shape index (κ1) is 20.7. The number of aliphatic imine (C=N–C) groups is 1. The third-order valence-corrected chi connectivity index (χ3v) is 4.60. The summed E-state index contributed by atoms with van der Waals surface area (Å²) in [5, 5.41) is 8.27. The van der Waals surface area contributed by atoms with Gasteiger partial charge in [0.25, 0.3) is 0 Å². The van der Waals surface area contributed by atoms with Gasteiger partial charge in [-0.2, -0.15) is 0 Å². The van der Waals surface area contributed by atoms with Crippen LogP contribution in [-0.2, 0) is 13.1 Å². The van der Waals surface area contributed by atoms with E-state index in [9.17, 15) is 0 Å². The lowest BCUT2D eigenvalue weighted by atomic mass is 10.2. The zero-order valence-electron chi connectivity index (χ0n) is 12.9. The van der Waals surface area contributed by atoms with E-state index in [0.29, 0.717) is 18.1 Å². The molecular formula is C15H19BrClIN4S. The Morgan fingerprint density at radius 3 is 2.78 bits per heavy atom. The molecule has 0 unspecified atom stereocenters. The monoisotopic (exact) mass is 528 g/mol. The van der Waals surface area contributed by atoms with Gasteiger partial charge >= 0.3 is 0 Å². The number of hydrogen-bond acceptors (Lipinski definition) is 3. The summed E-state index contributed by atoms with van der Waals surface area (Å²) in [4.78, 5) is 10.1. The zero-order chi connectivity index (χ0) is 15.9. The van der Waals surface area contributed by atoms with E-state index in [4.69, 9.17) is 11.6 Å². The molecule has 0 fully saturated rings.